The molecule has 3 rings (SSSR count). The van der Waals surface area contributed by atoms with E-state index in [1.807, 2.05) is 0 Å². The van der Waals surface area contributed by atoms with Gasteiger partial charge in [-0.3, -0.25) is 0 Å². The molecule has 1 heterocycles. The molecule has 3 aromatic rings. The van der Waals surface area contributed by atoms with Gasteiger partial charge in [0.2, 0.25) is 0 Å². The maximum absolute atomic E-state index is 13.9. The number of fused-ring (bicyclic) bond motifs is 1. The zero-order chi connectivity index (χ0) is 14.3. The van der Waals surface area contributed by atoms with Crippen molar-refractivity contribution < 1.29 is 14.3 Å². The highest BCUT2D eigenvalue weighted by molar-refractivity contribution is 9.10. The lowest BCUT2D eigenvalue weighted by Gasteiger charge is -2.04. The summed E-state index contributed by atoms with van der Waals surface area (Å²) in [5, 5.41) is 16.7. The van der Waals surface area contributed by atoms with E-state index >= 15 is 0 Å². The zero-order valence-corrected chi connectivity index (χ0v) is 11.5. The van der Waals surface area contributed by atoms with Crippen LogP contribution in [0.2, 0.25) is 0 Å². The molecule has 2 aromatic carbocycles. The summed E-state index contributed by atoms with van der Waals surface area (Å²) >= 11 is 3.27. The van der Waals surface area contributed by atoms with Gasteiger partial charge >= 0.3 is 5.97 Å². The molecule has 0 fully saturated rings. The molecule has 20 heavy (non-hydrogen) atoms. The van der Waals surface area contributed by atoms with Gasteiger partial charge < -0.3 is 5.11 Å². The minimum absolute atomic E-state index is 0.110. The summed E-state index contributed by atoms with van der Waals surface area (Å²) in [6.07, 6.45) is 0. The van der Waals surface area contributed by atoms with E-state index in [1.165, 1.54) is 22.9 Å². The molecule has 100 valence electrons. The van der Waals surface area contributed by atoms with Crippen LogP contribution in [0.15, 0.2) is 40.9 Å². The molecule has 0 saturated carbocycles. The van der Waals surface area contributed by atoms with Crippen LogP contribution in [0.4, 0.5) is 4.39 Å². The van der Waals surface area contributed by atoms with Gasteiger partial charge in [-0.2, -0.15) is 0 Å². The Bertz CT molecular complexity index is 832. The maximum atomic E-state index is 13.9. The third-order valence-corrected chi connectivity index (χ3v) is 3.32. The van der Waals surface area contributed by atoms with Gasteiger partial charge in [-0.25, -0.2) is 13.9 Å². The Kier molecular flexibility index (Phi) is 2.98. The van der Waals surface area contributed by atoms with E-state index in [-0.39, 0.29) is 11.3 Å². The first-order valence-corrected chi connectivity index (χ1v) is 6.40. The molecule has 7 heteroatoms. The van der Waals surface area contributed by atoms with Crippen LogP contribution in [0, 0.1) is 5.82 Å². The standard InChI is InChI=1S/C13H7BrFN3O2/c14-8-2-3-9(15)12(6-8)18-11-4-1-7(13(19)20)5-10(11)16-17-18/h1-6H,(H,19,20). The van der Waals surface area contributed by atoms with Gasteiger partial charge in [0.1, 0.15) is 17.0 Å². The summed E-state index contributed by atoms with van der Waals surface area (Å²) in [6.45, 7) is 0. The second-order valence-electron chi connectivity index (χ2n) is 4.11. The van der Waals surface area contributed by atoms with Crippen LogP contribution >= 0.6 is 15.9 Å². The average Bonchev–Trinajstić information content (AvgIpc) is 2.84. The van der Waals surface area contributed by atoms with Crippen LogP contribution in [0.5, 0.6) is 0 Å². The summed E-state index contributed by atoms with van der Waals surface area (Å²) < 4.78 is 15.9. The van der Waals surface area contributed by atoms with E-state index in [2.05, 4.69) is 26.2 Å². The molecule has 0 atom stereocenters. The first-order chi connectivity index (χ1) is 9.56. The molecule has 0 unspecified atom stereocenters. The van der Waals surface area contributed by atoms with Crippen molar-refractivity contribution >= 4 is 32.9 Å². The number of hydrogen-bond acceptors (Lipinski definition) is 3. The smallest absolute Gasteiger partial charge is 0.335 e. The number of carboxylic acid groups (broad SMARTS) is 1. The van der Waals surface area contributed by atoms with Crippen LogP contribution in [0.3, 0.4) is 0 Å². The van der Waals surface area contributed by atoms with Gasteiger partial charge in [0.25, 0.3) is 0 Å². The fourth-order valence-corrected chi connectivity index (χ4v) is 2.23. The molecule has 0 aliphatic rings. The van der Waals surface area contributed by atoms with Gasteiger partial charge in [0.05, 0.1) is 11.1 Å². The van der Waals surface area contributed by atoms with E-state index < -0.39 is 11.8 Å². The number of benzene rings is 2. The van der Waals surface area contributed by atoms with Crippen molar-refractivity contribution in [1.82, 2.24) is 15.0 Å². The maximum Gasteiger partial charge on any atom is 0.335 e. The van der Waals surface area contributed by atoms with Gasteiger partial charge in [-0.1, -0.05) is 21.1 Å². The minimum Gasteiger partial charge on any atom is -0.478 e. The van der Waals surface area contributed by atoms with Gasteiger partial charge in [-0.15, -0.1) is 5.10 Å². The Hall–Kier alpha value is -2.28. The number of carboxylic acids is 1. The molecule has 5 nitrogen and oxygen atoms in total. The molecule has 0 saturated heterocycles. The lowest BCUT2D eigenvalue weighted by Crippen LogP contribution is -2.00. The molecule has 0 aliphatic carbocycles. The third-order valence-electron chi connectivity index (χ3n) is 2.83. The molecule has 1 N–H and O–H groups in total. The predicted molar refractivity (Wildman–Crippen MR) is 73.5 cm³/mol. The van der Waals surface area contributed by atoms with E-state index in [1.54, 1.807) is 18.2 Å². The molecule has 0 radical (unpaired) electrons. The Balaban J connectivity index is 2.22. The lowest BCUT2D eigenvalue weighted by atomic mass is 10.2. The minimum atomic E-state index is -1.05. The first-order valence-electron chi connectivity index (χ1n) is 5.60. The van der Waals surface area contributed by atoms with Gasteiger partial charge in [0, 0.05) is 4.47 Å². The normalized spacial score (nSPS) is 10.9. The van der Waals surface area contributed by atoms with Crippen molar-refractivity contribution in [2.45, 2.75) is 0 Å². The number of aromatic carboxylic acids is 1. The number of aromatic nitrogens is 3. The van der Waals surface area contributed by atoms with Crippen molar-refractivity contribution in [2.24, 2.45) is 0 Å². The molecular weight excluding hydrogens is 329 g/mol. The summed E-state index contributed by atoms with van der Waals surface area (Å²) in [5.74, 6) is -1.49. The summed E-state index contributed by atoms with van der Waals surface area (Å²) in [7, 11) is 0. The predicted octanol–water partition coefficient (Wildman–Crippen LogP) is 3.02. The van der Waals surface area contributed by atoms with Crippen LogP contribution in [0.25, 0.3) is 16.7 Å². The van der Waals surface area contributed by atoms with Crippen LogP contribution in [-0.4, -0.2) is 26.1 Å². The molecule has 0 bridgehead atoms. The molecule has 0 aliphatic heterocycles. The number of hydrogen-bond donors (Lipinski definition) is 1. The monoisotopic (exact) mass is 335 g/mol. The highest BCUT2D eigenvalue weighted by Gasteiger charge is 2.13. The second-order valence-corrected chi connectivity index (χ2v) is 5.02. The van der Waals surface area contributed by atoms with Crippen LogP contribution in [-0.2, 0) is 0 Å². The van der Waals surface area contributed by atoms with Crippen molar-refractivity contribution in [1.29, 1.82) is 0 Å². The Morgan fingerprint density at radius 3 is 2.80 bits per heavy atom. The van der Waals surface area contributed by atoms with Crippen LogP contribution in [0.1, 0.15) is 10.4 Å². The summed E-state index contributed by atoms with van der Waals surface area (Å²) in [5.41, 5.74) is 1.28. The van der Waals surface area contributed by atoms with Crippen LogP contribution < -0.4 is 0 Å². The van der Waals surface area contributed by atoms with Crippen molar-refractivity contribution in [3.05, 3.63) is 52.3 Å². The van der Waals surface area contributed by atoms with Gasteiger partial charge in [-0.05, 0) is 36.4 Å². The van der Waals surface area contributed by atoms with Gasteiger partial charge in [0.15, 0.2) is 0 Å². The highest BCUT2D eigenvalue weighted by atomic mass is 79.9. The number of halogens is 2. The SMILES string of the molecule is O=C(O)c1ccc2c(c1)nnn2-c1cc(Br)ccc1F. The topological polar surface area (TPSA) is 68.0 Å². The molecular formula is C13H7BrFN3O2. The van der Waals surface area contributed by atoms with Crippen molar-refractivity contribution in [3.63, 3.8) is 0 Å². The Morgan fingerprint density at radius 1 is 1.25 bits per heavy atom. The second kappa shape index (κ2) is 4.68. The van der Waals surface area contributed by atoms with Crippen molar-refractivity contribution in [3.8, 4) is 5.69 Å². The van der Waals surface area contributed by atoms with E-state index in [4.69, 9.17) is 5.11 Å². The molecule has 0 amide bonds. The fraction of sp³-hybridized carbons (Fsp3) is 0. The molecule has 1 aromatic heterocycles. The number of carbonyl (C=O) groups is 1. The first kappa shape index (κ1) is 12.7. The number of nitrogens with zero attached hydrogens (tertiary/aromatic N) is 3. The Morgan fingerprint density at radius 2 is 2.05 bits per heavy atom. The van der Waals surface area contributed by atoms with E-state index in [0.29, 0.717) is 15.5 Å². The number of rotatable bonds is 2. The van der Waals surface area contributed by atoms with Crippen molar-refractivity contribution in [2.75, 3.05) is 0 Å². The summed E-state index contributed by atoms with van der Waals surface area (Å²) in [4.78, 5) is 10.9. The average molecular weight is 336 g/mol. The van der Waals surface area contributed by atoms with E-state index in [0.717, 1.165) is 0 Å². The van der Waals surface area contributed by atoms with E-state index in [9.17, 15) is 9.18 Å². The lowest BCUT2D eigenvalue weighted by molar-refractivity contribution is 0.0697. The summed E-state index contributed by atoms with van der Waals surface area (Å²) in [6, 6.07) is 8.87. The highest BCUT2D eigenvalue weighted by Crippen LogP contribution is 2.22. The largest absolute Gasteiger partial charge is 0.478 e. The molecule has 0 spiro atoms. The zero-order valence-electron chi connectivity index (χ0n) is 9.92. The fourth-order valence-electron chi connectivity index (χ4n) is 1.88. The third kappa shape index (κ3) is 2.05. The Labute approximate surface area is 120 Å². The quantitative estimate of drug-likeness (QED) is 0.781.